The average molecular weight is 690 g/mol. The highest BCUT2D eigenvalue weighted by atomic mass is 16.3. The Morgan fingerprint density at radius 2 is 0.852 bits per heavy atom. The zero-order valence-electron chi connectivity index (χ0n) is 29.1. The van der Waals surface area contributed by atoms with E-state index in [4.69, 9.17) is 4.42 Å². The van der Waals surface area contributed by atoms with E-state index in [1.807, 2.05) is 6.07 Å². The van der Waals surface area contributed by atoms with Crippen molar-refractivity contribution in [1.29, 1.82) is 0 Å². The van der Waals surface area contributed by atoms with E-state index in [1.165, 1.54) is 54.6 Å². The summed E-state index contributed by atoms with van der Waals surface area (Å²) in [6.07, 6.45) is 0. The summed E-state index contributed by atoms with van der Waals surface area (Å²) < 4.78 is 13.8. The average Bonchev–Trinajstić information content (AvgIpc) is 3.96. The first kappa shape index (κ1) is 29.3. The summed E-state index contributed by atoms with van der Waals surface area (Å²) in [5, 5.41) is 8.42. The molecule has 0 spiro atoms. The Morgan fingerprint density at radius 3 is 1.57 bits per heavy atom. The maximum absolute atomic E-state index is 6.65. The van der Waals surface area contributed by atoms with Gasteiger partial charge in [0.1, 0.15) is 5.58 Å². The van der Waals surface area contributed by atoms with Gasteiger partial charge >= 0.3 is 0 Å². The number of hydrogen-bond donors (Lipinski definition) is 0. The van der Waals surface area contributed by atoms with Gasteiger partial charge in [0.05, 0.1) is 33.0 Å². The lowest BCUT2D eigenvalue weighted by Gasteiger charge is -2.12. The topological polar surface area (TPSA) is 27.9 Å². The first-order valence-electron chi connectivity index (χ1n) is 18.4. The van der Waals surface area contributed by atoms with Gasteiger partial charge in [-0.25, -0.2) is 0 Å². The van der Waals surface area contributed by atoms with E-state index in [-0.39, 0.29) is 0 Å². The number of para-hydroxylation sites is 5. The number of benzene rings is 8. The molecule has 0 aliphatic carbocycles. The van der Waals surface area contributed by atoms with Crippen molar-refractivity contribution >= 4 is 76.6 Å². The zero-order chi connectivity index (χ0) is 35.3. The largest absolute Gasteiger partial charge is 0.439 e. The molecule has 0 aliphatic heterocycles. The van der Waals surface area contributed by atoms with E-state index in [2.05, 4.69) is 196 Å². The lowest BCUT2D eigenvalue weighted by Crippen LogP contribution is -1.97. The molecule has 0 saturated heterocycles. The predicted molar refractivity (Wildman–Crippen MR) is 225 cm³/mol. The minimum Gasteiger partial charge on any atom is -0.439 e. The molecule has 0 bridgehead atoms. The smallest absolute Gasteiger partial charge is 0.213 e. The van der Waals surface area contributed by atoms with Gasteiger partial charge in [-0.2, -0.15) is 0 Å². The molecule has 0 amide bonds. The van der Waals surface area contributed by atoms with Crippen LogP contribution in [0.25, 0.3) is 105 Å². The third-order valence-electron chi connectivity index (χ3n) is 11.2. The zero-order valence-corrected chi connectivity index (χ0v) is 29.1. The van der Waals surface area contributed by atoms with Crippen LogP contribution >= 0.6 is 0 Å². The fraction of sp³-hybridized carbons (Fsp3) is 0. The maximum atomic E-state index is 6.65. The summed E-state index contributed by atoms with van der Waals surface area (Å²) in [5.41, 5.74) is 13.3. The van der Waals surface area contributed by atoms with Crippen LogP contribution in [0.4, 0.5) is 0 Å². The highest BCUT2D eigenvalue weighted by molar-refractivity contribution is 6.24. The van der Waals surface area contributed by atoms with E-state index in [9.17, 15) is 0 Å². The van der Waals surface area contributed by atoms with Crippen LogP contribution < -0.4 is 0 Å². The van der Waals surface area contributed by atoms with Gasteiger partial charge in [-0.1, -0.05) is 121 Å². The number of hydrogen-bond acceptors (Lipinski definition) is 1. The van der Waals surface area contributed by atoms with Crippen LogP contribution in [-0.4, -0.2) is 13.7 Å². The summed E-state index contributed by atoms with van der Waals surface area (Å²) in [4.78, 5) is 0. The Morgan fingerprint density at radius 1 is 0.315 bits per heavy atom. The molecule has 0 saturated carbocycles. The fourth-order valence-corrected chi connectivity index (χ4v) is 8.97. The highest BCUT2D eigenvalue weighted by Crippen LogP contribution is 2.45. The minimum absolute atomic E-state index is 0.863. The van der Waals surface area contributed by atoms with E-state index in [1.54, 1.807) is 0 Å². The summed E-state index contributed by atoms with van der Waals surface area (Å²) >= 11 is 0. The van der Waals surface area contributed by atoms with Gasteiger partial charge in [-0.05, 0) is 77.9 Å². The van der Waals surface area contributed by atoms with E-state index < -0.39 is 0 Å². The summed E-state index contributed by atoms with van der Waals surface area (Å²) in [6, 6.07) is 67.7. The summed E-state index contributed by atoms with van der Waals surface area (Å²) in [6.45, 7) is 0. The molecule has 4 nitrogen and oxygen atoms in total. The van der Waals surface area contributed by atoms with Crippen LogP contribution in [0.1, 0.15) is 0 Å². The van der Waals surface area contributed by atoms with Gasteiger partial charge in [0.2, 0.25) is 5.71 Å². The standard InChI is InChI=1S/C50H31N3O/c1-3-14-33(15-4-1)51-45-30-32(36-21-13-24-44-48(36)49-41-20-9-12-25-47(41)54-50(49)53(44)34-16-5-2-6-17-34)26-28-39(45)40-29-27-35(31-46(40)51)52-42-22-10-7-18-37(42)38-19-8-11-23-43(38)52/h1-31H. The van der Waals surface area contributed by atoms with Gasteiger partial charge in [-0.3, -0.25) is 4.57 Å². The Labute approximate surface area is 309 Å². The van der Waals surface area contributed by atoms with Crippen LogP contribution in [-0.2, 0) is 0 Å². The number of furan rings is 1. The molecule has 54 heavy (non-hydrogen) atoms. The van der Waals surface area contributed by atoms with Crippen LogP contribution in [0.3, 0.4) is 0 Å². The molecular weight excluding hydrogens is 659 g/mol. The van der Waals surface area contributed by atoms with Crippen molar-refractivity contribution in [2.45, 2.75) is 0 Å². The second-order valence-electron chi connectivity index (χ2n) is 14.1. The van der Waals surface area contributed by atoms with Crippen molar-refractivity contribution in [1.82, 2.24) is 13.7 Å². The minimum atomic E-state index is 0.863. The van der Waals surface area contributed by atoms with Gasteiger partial charge in [-0.15, -0.1) is 0 Å². The van der Waals surface area contributed by atoms with Crippen LogP contribution in [0.5, 0.6) is 0 Å². The van der Waals surface area contributed by atoms with Gasteiger partial charge < -0.3 is 13.6 Å². The molecule has 8 aromatic carbocycles. The second kappa shape index (κ2) is 11.1. The molecule has 4 aromatic heterocycles. The first-order valence-corrected chi connectivity index (χ1v) is 18.4. The molecule has 0 fully saturated rings. The third kappa shape index (κ3) is 4.02. The van der Waals surface area contributed by atoms with Crippen molar-refractivity contribution in [3.05, 3.63) is 188 Å². The molecule has 0 N–H and O–H groups in total. The molecule has 0 aliphatic rings. The fourth-order valence-electron chi connectivity index (χ4n) is 8.97. The Balaban J connectivity index is 1.15. The maximum Gasteiger partial charge on any atom is 0.213 e. The van der Waals surface area contributed by atoms with Crippen LogP contribution in [0, 0.1) is 0 Å². The molecule has 4 heteroatoms. The lowest BCUT2D eigenvalue weighted by molar-refractivity contribution is 0.645. The number of nitrogens with zero attached hydrogens (tertiary/aromatic N) is 3. The van der Waals surface area contributed by atoms with E-state index in [0.717, 1.165) is 50.2 Å². The van der Waals surface area contributed by atoms with E-state index >= 15 is 0 Å². The Hall–Kier alpha value is -7.30. The quantitative estimate of drug-likeness (QED) is 0.181. The van der Waals surface area contributed by atoms with Crippen molar-refractivity contribution in [2.75, 3.05) is 0 Å². The summed E-state index contributed by atoms with van der Waals surface area (Å²) in [7, 11) is 0. The highest BCUT2D eigenvalue weighted by Gasteiger charge is 2.23. The second-order valence-corrected chi connectivity index (χ2v) is 14.1. The summed E-state index contributed by atoms with van der Waals surface area (Å²) in [5.74, 6) is 0. The van der Waals surface area contributed by atoms with Crippen molar-refractivity contribution in [3.63, 3.8) is 0 Å². The third-order valence-corrected chi connectivity index (χ3v) is 11.2. The van der Waals surface area contributed by atoms with Crippen LogP contribution in [0.2, 0.25) is 0 Å². The number of fused-ring (bicyclic) bond motifs is 11. The SMILES string of the molecule is c1ccc(-n2c3cc(-c4cccc5c4c4c6ccccc6oc4n5-c4ccccc4)ccc3c3ccc(-n4c5ccccc5c5ccccc54)cc32)cc1. The van der Waals surface area contributed by atoms with E-state index in [0.29, 0.717) is 0 Å². The molecule has 252 valence electrons. The molecule has 12 rings (SSSR count). The predicted octanol–water partition coefficient (Wildman–Crippen LogP) is 13.4. The van der Waals surface area contributed by atoms with Gasteiger partial charge in [0.25, 0.3) is 0 Å². The van der Waals surface area contributed by atoms with Crippen molar-refractivity contribution in [3.8, 4) is 28.2 Å². The van der Waals surface area contributed by atoms with Crippen molar-refractivity contribution < 1.29 is 4.42 Å². The number of rotatable bonds is 4. The Kier molecular flexibility index (Phi) is 6.02. The molecule has 12 aromatic rings. The van der Waals surface area contributed by atoms with Crippen LogP contribution in [0.15, 0.2) is 192 Å². The molecule has 0 unspecified atom stereocenters. The normalized spacial score (nSPS) is 12.1. The molecule has 0 radical (unpaired) electrons. The number of aromatic nitrogens is 3. The first-order chi connectivity index (χ1) is 26.8. The molecule has 4 heterocycles. The molecular formula is C50H31N3O. The lowest BCUT2D eigenvalue weighted by atomic mass is 9.98. The monoisotopic (exact) mass is 689 g/mol. The van der Waals surface area contributed by atoms with Crippen molar-refractivity contribution in [2.24, 2.45) is 0 Å². The molecule has 0 atom stereocenters. The van der Waals surface area contributed by atoms with Gasteiger partial charge in [0.15, 0.2) is 0 Å². The Bertz CT molecular complexity index is 3380. The van der Waals surface area contributed by atoms with Gasteiger partial charge in [0, 0.05) is 49.4 Å².